The largest absolute Gasteiger partial charge is 0.338 e. The molecule has 1 saturated heterocycles. The van der Waals surface area contributed by atoms with Crippen LogP contribution in [0.4, 0.5) is 4.79 Å². The van der Waals surface area contributed by atoms with Gasteiger partial charge in [-0.15, -0.1) is 0 Å². The van der Waals surface area contributed by atoms with E-state index in [0.717, 1.165) is 37.8 Å². The third kappa shape index (κ3) is 4.14. The third-order valence-corrected chi connectivity index (χ3v) is 5.55. The van der Waals surface area contributed by atoms with Crippen LogP contribution in [0.25, 0.3) is 0 Å². The second-order valence-corrected chi connectivity index (χ2v) is 8.22. The summed E-state index contributed by atoms with van der Waals surface area (Å²) in [5.41, 5.74) is 0. The Morgan fingerprint density at radius 1 is 1.28 bits per heavy atom. The van der Waals surface area contributed by atoms with Crippen LogP contribution in [-0.4, -0.2) is 46.7 Å². The molecule has 2 amide bonds. The predicted octanol–water partition coefficient (Wildman–Crippen LogP) is 2.43. The Balaban J connectivity index is 1.26. The van der Waals surface area contributed by atoms with Gasteiger partial charge in [0.15, 0.2) is 5.82 Å². The Morgan fingerprint density at radius 3 is 2.76 bits per heavy atom. The highest BCUT2D eigenvalue weighted by Gasteiger charge is 2.35. The van der Waals surface area contributed by atoms with E-state index in [9.17, 15) is 4.79 Å². The molecule has 3 aliphatic rings. The standard InChI is InChI=1S/C18H29N5O2/c1-11(2)15(17-21-16(22-25-17)13-3-4-13)20-18(24)19-9-12-7-8-23(10-12)14-5-6-14/h11-15H,3-10H2,1-2H3,(H2,19,20,24)/t12-,15-/m0/s1. The lowest BCUT2D eigenvalue weighted by Crippen LogP contribution is -2.42. The Kier molecular flexibility index (Phi) is 4.67. The number of urea groups is 1. The van der Waals surface area contributed by atoms with Crippen LogP contribution in [0.5, 0.6) is 0 Å². The van der Waals surface area contributed by atoms with Crippen LogP contribution >= 0.6 is 0 Å². The molecular weight excluding hydrogens is 318 g/mol. The van der Waals surface area contributed by atoms with Crippen molar-refractivity contribution in [2.75, 3.05) is 19.6 Å². The van der Waals surface area contributed by atoms with E-state index in [1.54, 1.807) is 0 Å². The average molecular weight is 347 g/mol. The minimum absolute atomic E-state index is 0.144. The summed E-state index contributed by atoms with van der Waals surface area (Å²) in [6, 6.07) is 0.434. The fraction of sp³-hybridized carbons (Fsp3) is 0.833. The van der Waals surface area contributed by atoms with Gasteiger partial charge in [0.25, 0.3) is 0 Å². The van der Waals surface area contributed by atoms with Crippen LogP contribution < -0.4 is 10.6 Å². The molecule has 2 N–H and O–H groups in total. The molecule has 7 heteroatoms. The van der Waals surface area contributed by atoms with Gasteiger partial charge in [0, 0.05) is 25.0 Å². The van der Waals surface area contributed by atoms with Crippen molar-refractivity contribution in [2.24, 2.45) is 11.8 Å². The van der Waals surface area contributed by atoms with E-state index in [2.05, 4.69) is 39.5 Å². The molecule has 0 bridgehead atoms. The molecule has 138 valence electrons. The molecule has 0 aromatic carbocycles. The highest BCUT2D eigenvalue weighted by molar-refractivity contribution is 5.74. The molecule has 1 aromatic rings. The minimum atomic E-state index is -0.244. The van der Waals surface area contributed by atoms with Gasteiger partial charge in [-0.25, -0.2) is 4.79 Å². The smallest absolute Gasteiger partial charge is 0.315 e. The molecule has 7 nitrogen and oxygen atoms in total. The first-order valence-corrected chi connectivity index (χ1v) is 9.72. The molecular formula is C18H29N5O2. The number of nitrogens with one attached hydrogen (secondary N) is 2. The molecule has 2 saturated carbocycles. The van der Waals surface area contributed by atoms with Crippen LogP contribution in [0.15, 0.2) is 4.52 Å². The van der Waals surface area contributed by atoms with E-state index < -0.39 is 0 Å². The summed E-state index contributed by atoms with van der Waals surface area (Å²) in [4.78, 5) is 19.4. The first-order chi connectivity index (χ1) is 12.1. The average Bonchev–Trinajstić information content (AvgIpc) is 3.52. The molecule has 1 aliphatic heterocycles. The van der Waals surface area contributed by atoms with Gasteiger partial charge >= 0.3 is 6.03 Å². The van der Waals surface area contributed by atoms with Crippen LogP contribution in [0.2, 0.25) is 0 Å². The summed E-state index contributed by atoms with van der Waals surface area (Å²) in [5, 5.41) is 10.1. The molecule has 3 fully saturated rings. The number of nitrogens with zero attached hydrogens (tertiary/aromatic N) is 3. The number of carbonyl (C=O) groups is 1. The highest BCUT2D eigenvalue weighted by Crippen LogP contribution is 2.38. The molecule has 0 unspecified atom stereocenters. The number of carbonyl (C=O) groups excluding carboxylic acids is 1. The van der Waals surface area contributed by atoms with Crippen LogP contribution in [0.3, 0.4) is 0 Å². The van der Waals surface area contributed by atoms with Crippen LogP contribution in [0, 0.1) is 11.8 Å². The van der Waals surface area contributed by atoms with Crippen molar-refractivity contribution >= 4 is 6.03 Å². The van der Waals surface area contributed by atoms with Gasteiger partial charge in [-0.05, 0) is 50.5 Å². The number of aromatic nitrogens is 2. The fourth-order valence-corrected chi connectivity index (χ4v) is 3.62. The van der Waals surface area contributed by atoms with E-state index >= 15 is 0 Å². The van der Waals surface area contributed by atoms with Crippen molar-refractivity contribution in [1.82, 2.24) is 25.7 Å². The predicted molar refractivity (Wildman–Crippen MR) is 93.1 cm³/mol. The van der Waals surface area contributed by atoms with Crippen molar-refractivity contribution in [3.63, 3.8) is 0 Å². The van der Waals surface area contributed by atoms with Gasteiger partial charge in [0.1, 0.15) is 6.04 Å². The highest BCUT2D eigenvalue weighted by atomic mass is 16.5. The van der Waals surface area contributed by atoms with Gasteiger partial charge in [-0.2, -0.15) is 4.98 Å². The second kappa shape index (κ2) is 6.94. The van der Waals surface area contributed by atoms with Crippen molar-refractivity contribution in [2.45, 2.75) is 64.0 Å². The molecule has 2 atom stereocenters. The maximum atomic E-state index is 12.3. The number of amides is 2. The summed E-state index contributed by atoms with van der Waals surface area (Å²) in [6.07, 6.45) is 6.16. The van der Waals surface area contributed by atoms with E-state index in [1.807, 2.05) is 0 Å². The van der Waals surface area contributed by atoms with E-state index in [4.69, 9.17) is 4.52 Å². The van der Waals surface area contributed by atoms with Gasteiger partial charge < -0.3 is 20.1 Å². The van der Waals surface area contributed by atoms with Crippen molar-refractivity contribution in [1.29, 1.82) is 0 Å². The topological polar surface area (TPSA) is 83.3 Å². The Hall–Kier alpha value is -1.63. The number of rotatable bonds is 7. The van der Waals surface area contributed by atoms with E-state index in [0.29, 0.717) is 17.7 Å². The fourth-order valence-electron chi connectivity index (χ4n) is 3.62. The summed E-state index contributed by atoms with van der Waals surface area (Å²) in [6.45, 7) is 7.13. The first kappa shape index (κ1) is 16.8. The molecule has 2 heterocycles. The summed E-state index contributed by atoms with van der Waals surface area (Å²) in [7, 11) is 0. The van der Waals surface area contributed by atoms with Gasteiger partial charge in [0.05, 0.1) is 0 Å². The maximum Gasteiger partial charge on any atom is 0.315 e. The number of likely N-dealkylation sites (tertiary alicyclic amines) is 1. The van der Waals surface area contributed by atoms with Gasteiger partial charge in [-0.3, -0.25) is 0 Å². The molecule has 25 heavy (non-hydrogen) atoms. The quantitative estimate of drug-likeness (QED) is 0.791. The molecule has 1 aromatic heterocycles. The van der Waals surface area contributed by atoms with Gasteiger partial charge in [0.2, 0.25) is 5.89 Å². The number of hydrogen-bond acceptors (Lipinski definition) is 5. The Labute approximate surface area is 148 Å². The zero-order chi connectivity index (χ0) is 17.4. The zero-order valence-electron chi connectivity index (χ0n) is 15.2. The van der Waals surface area contributed by atoms with E-state index in [1.165, 1.54) is 25.8 Å². The van der Waals surface area contributed by atoms with Crippen molar-refractivity contribution < 1.29 is 9.32 Å². The normalized spacial score (nSPS) is 25.3. The number of hydrogen-bond donors (Lipinski definition) is 2. The Bertz CT molecular complexity index is 608. The molecule has 2 aliphatic carbocycles. The lowest BCUT2D eigenvalue weighted by molar-refractivity contribution is 0.222. The SMILES string of the molecule is CC(C)[C@H](NC(=O)NC[C@@H]1CCN(C2CC2)C1)c1nc(C2CC2)no1. The summed E-state index contributed by atoms with van der Waals surface area (Å²) < 4.78 is 5.41. The molecule has 0 spiro atoms. The lowest BCUT2D eigenvalue weighted by atomic mass is 10.0. The van der Waals surface area contributed by atoms with Crippen molar-refractivity contribution in [3.8, 4) is 0 Å². The summed E-state index contributed by atoms with van der Waals surface area (Å²) in [5.74, 6) is 2.52. The maximum absolute atomic E-state index is 12.3. The Morgan fingerprint density at radius 2 is 2.08 bits per heavy atom. The molecule has 0 radical (unpaired) electrons. The zero-order valence-corrected chi connectivity index (χ0v) is 15.2. The molecule has 4 rings (SSSR count). The van der Waals surface area contributed by atoms with Crippen LogP contribution in [0.1, 0.15) is 69.6 Å². The second-order valence-electron chi connectivity index (χ2n) is 8.22. The monoisotopic (exact) mass is 347 g/mol. The minimum Gasteiger partial charge on any atom is -0.338 e. The summed E-state index contributed by atoms with van der Waals surface area (Å²) >= 11 is 0. The van der Waals surface area contributed by atoms with Crippen molar-refractivity contribution in [3.05, 3.63) is 11.7 Å². The van der Waals surface area contributed by atoms with Crippen LogP contribution in [-0.2, 0) is 0 Å². The first-order valence-electron chi connectivity index (χ1n) is 9.72. The van der Waals surface area contributed by atoms with Gasteiger partial charge in [-0.1, -0.05) is 19.0 Å². The lowest BCUT2D eigenvalue weighted by Gasteiger charge is -2.20. The third-order valence-electron chi connectivity index (χ3n) is 5.55. The van der Waals surface area contributed by atoms with E-state index in [-0.39, 0.29) is 18.0 Å².